The number of halogens is 1. The smallest absolute Gasteiger partial charge is 0.257 e. The highest BCUT2D eigenvalue weighted by molar-refractivity contribution is 6.31. The van der Waals surface area contributed by atoms with Gasteiger partial charge in [-0.1, -0.05) is 48.9 Å². The predicted molar refractivity (Wildman–Crippen MR) is 124 cm³/mol. The minimum Gasteiger partial charge on any atom is -0.497 e. The minimum atomic E-state index is -0.209. The first-order valence-electron chi connectivity index (χ1n) is 10.8. The number of piperazine rings is 1. The predicted octanol–water partition coefficient (Wildman–Crippen LogP) is 3.66. The molecule has 1 atom stereocenters. The quantitative estimate of drug-likeness (QED) is 0.687. The van der Waals surface area contributed by atoms with Gasteiger partial charge in [-0.3, -0.25) is 9.69 Å². The van der Waals surface area contributed by atoms with Crippen molar-refractivity contribution in [2.45, 2.75) is 19.4 Å². The summed E-state index contributed by atoms with van der Waals surface area (Å²) in [5, 5.41) is 7.08. The topological polar surface area (TPSA) is 48.4 Å². The number of amides is 1. The van der Waals surface area contributed by atoms with Crippen molar-refractivity contribution in [3.8, 4) is 5.75 Å². The third kappa shape index (κ3) is 4.92. The average Bonchev–Trinajstić information content (AvgIpc) is 3.25. The second-order valence-corrected chi connectivity index (χ2v) is 8.38. The van der Waals surface area contributed by atoms with Crippen LogP contribution in [0.25, 0.3) is 0 Å². The monoisotopic (exact) mass is 440 g/mol. The Morgan fingerprint density at radius 2 is 1.84 bits per heavy atom. The molecule has 1 fully saturated rings. The Morgan fingerprint density at radius 1 is 1.10 bits per heavy atom. The number of hydrogen-bond donors (Lipinski definition) is 0. The molecule has 7 heteroatoms. The number of ether oxygens (including phenoxy) is 1. The zero-order chi connectivity index (χ0) is 21.8. The summed E-state index contributed by atoms with van der Waals surface area (Å²) < 4.78 is 5.37. The maximum Gasteiger partial charge on any atom is 0.257 e. The lowest BCUT2D eigenvalue weighted by molar-refractivity contribution is -0.134. The highest BCUT2D eigenvalue weighted by Gasteiger charge is 2.35. The first-order valence-corrected chi connectivity index (χ1v) is 11.2. The molecule has 2 aromatic rings. The number of hydrazone groups is 1. The highest BCUT2D eigenvalue weighted by atomic mass is 35.5. The van der Waals surface area contributed by atoms with E-state index >= 15 is 0 Å². The van der Waals surface area contributed by atoms with E-state index in [-0.39, 0.29) is 11.9 Å². The van der Waals surface area contributed by atoms with Crippen LogP contribution in [0.3, 0.4) is 0 Å². The van der Waals surface area contributed by atoms with E-state index in [1.54, 1.807) is 12.1 Å². The van der Waals surface area contributed by atoms with Crippen molar-refractivity contribution in [3.63, 3.8) is 0 Å². The van der Waals surface area contributed by atoms with Crippen LogP contribution in [0.1, 0.15) is 30.5 Å². The van der Waals surface area contributed by atoms with Crippen LogP contribution in [-0.4, -0.2) is 72.8 Å². The summed E-state index contributed by atoms with van der Waals surface area (Å²) in [6.45, 7) is 7.39. The first-order chi connectivity index (χ1) is 15.1. The highest BCUT2D eigenvalue weighted by Crippen LogP contribution is 2.36. The minimum absolute atomic E-state index is 0.00719. The Morgan fingerprint density at radius 3 is 2.55 bits per heavy atom. The zero-order valence-corrected chi connectivity index (χ0v) is 18.9. The van der Waals surface area contributed by atoms with Crippen molar-refractivity contribution < 1.29 is 9.53 Å². The second kappa shape index (κ2) is 9.81. The molecule has 1 amide bonds. The van der Waals surface area contributed by atoms with Gasteiger partial charge in [0.15, 0.2) is 0 Å². The SMILES string of the molecule is CCN1CCN(CC(=O)N2N=C(c3cccc(OC)c3)C[C@@H]2c2ccccc2Cl)CC1. The molecule has 2 heterocycles. The Hall–Kier alpha value is -2.41. The standard InChI is InChI=1S/C24H29ClN4O2/c1-3-27-11-13-28(14-12-27)17-24(30)29-23(20-9-4-5-10-21(20)25)16-22(26-29)18-7-6-8-19(15-18)31-2/h4-10,15,23H,3,11-14,16-17H2,1-2H3/t23-/m1/s1. The molecule has 6 nitrogen and oxygen atoms in total. The number of likely N-dealkylation sites (N-methyl/N-ethyl adjacent to an activating group) is 1. The summed E-state index contributed by atoms with van der Waals surface area (Å²) in [6, 6.07) is 15.3. The van der Waals surface area contributed by atoms with E-state index in [1.807, 2.05) is 48.5 Å². The maximum absolute atomic E-state index is 13.4. The maximum atomic E-state index is 13.4. The molecule has 0 unspecified atom stereocenters. The Bertz CT molecular complexity index is 956. The van der Waals surface area contributed by atoms with Crippen molar-refractivity contribution in [2.75, 3.05) is 46.4 Å². The molecule has 2 aromatic carbocycles. The van der Waals surface area contributed by atoms with Crippen LogP contribution in [0.4, 0.5) is 0 Å². The molecule has 0 N–H and O–H groups in total. The molecule has 0 bridgehead atoms. The van der Waals surface area contributed by atoms with E-state index in [4.69, 9.17) is 21.4 Å². The molecule has 4 rings (SSSR count). The van der Waals surface area contributed by atoms with Gasteiger partial charge in [0.1, 0.15) is 5.75 Å². The molecule has 31 heavy (non-hydrogen) atoms. The number of carbonyl (C=O) groups is 1. The average molecular weight is 441 g/mol. The molecule has 2 aliphatic rings. The summed E-state index contributed by atoms with van der Waals surface area (Å²) in [6.07, 6.45) is 0.617. The van der Waals surface area contributed by atoms with Crippen molar-refractivity contribution in [1.29, 1.82) is 0 Å². The number of nitrogens with zero attached hydrogens (tertiary/aromatic N) is 4. The van der Waals surface area contributed by atoms with Crippen molar-refractivity contribution in [1.82, 2.24) is 14.8 Å². The lowest BCUT2D eigenvalue weighted by Gasteiger charge is -2.34. The number of rotatable bonds is 6. The fourth-order valence-electron chi connectivity index (χ4n) is 4.23. The zero-order valence-electron chi connectivity index (χ0n) is 18.1. The molecular weight excluding hydrogens is 412 g/mol. The molecule has 0 spiro atoms. The molecule has 1 saturated heterocycles. The van der Waals surface area contributed by atoms with Gasteiger partial charge in [-0.2, -0.15) is 5.10 Å². The fraction of sp³-hybridized carbons (Fsp3) is 0.417. The van der Waals surface area contributed by atoms with Crippen molar-refractivity contribution in [3.05, 3.63) is 64.7 Å². The number of carbonyl (C=O) groups excluding carboxylic acids is 1. The molecule has 164 valence electrons. The Labute approximate surface area is 189 Å². The van der Waals surface area contributed by atoms with Crippen LogP contribution in [0, 0.1) is 0 Å². The van der Waals surface area contributed by atoms with Crippen molar-refractivity contribution >= 4 is 23.2 Å². The van der Waals surface area contributed by atoms with E-state index in [1.165, 1.54) is 0 Å². The van der Waals surface area contributed by atoms with Crippen LogP contribution in [-0.2, 0) is 4.79 Å². The summed E-state index contributed by atoms with van der Waals surface area (Å²) in [7, 11) is 1.65. The van der Waals surface area contributed by atoms with Gasteiger partial charge in [-0.15, -0.1) is 0 Å². The fourth-order valence-corrected chi connectivity index (χ4v) is 4.49. The van der Waals surface area contributed by atoms with Crippen molar-refractivity contribution in [2.24, 2.45) is 5.10 Å². The summed E-state index contributed by atoms with van der Waals surface area (Å²) in [4.78, 5) is 18.0. The lowest BCUT2D eigenvalue weighted by Crippen LogP contribution is -2.49. The molecule has 0 radical (unpaired) electrons. The van der Waals surface area contributed by atoms with E-state index in [2.05, 4.69) is 16.7 Å². The number of hydrogen-bond acceptors (Lipinski definition) is 5. The van der Waals surface area contributed by atoms with Crippen LogP contribution in [0.5, 0.6) is 5.75 Å². The summed E-state index contributed by atoms with van der Waals surface area (Å²) in [5.74, 6) is 0.779. The molecular formula is C24H29ClN4O2. The van der Waals surface area contributed by atoms with Gasteiger partial charge >= 0.3 is 0 Å². The van der Waals surface area contributed by atoms with E-state index < -0.39 is 0 Å². The van der Waals surface area contributed by atoms with Crippen LogP contribution < -0.4 is 4.74 Å². The van der Waals surface area contributed by atoms with Gasteiger partial charge in [0, 0.05) is 43.2 Å². The van der Waals surface area contributed by atoms with Gasteiger partial charge < -0.3 is 9.64 Å². The van der Waals surface area contributed by atoms with Gasteiger partial charge in [-0.25, -0.2) is 5.01 Å². The van der Waals surface area contributed by atoms with E-state index in [0.717, 1.165) is 55.3 Å². The number of methoxy groups -OCH3 is 1. The lowest BCUT2D eigenvalue weighted by atomic mass is 9.98. The molecule has 0 aromatic heterocycles. The van der Waals surface area contributed by atoms with E-state index in [9.17, 15) is 4.79 Å². The van der Waals surface area contributed by atoms with Crippen LogP contribution in [0.2, 0.25) is 5.02 Å². The first kappa shape index (κ1) is 21.8. The normalized spacial score (nSPS) is 20.0. The summed E-state index contributed by atoms with van der Waals surface area (Å²) >= 11 is 6.51. The molecule has 2 aliphatic heterocycles. The Balaban J connectivity index is 1.58. The Kier molecular flexibility index (Phi) is 6.90. The molecule has 0 aliphatic carbocycles. The third-order valence-electron chi connectivity index (χ3n) is 6.10. The van der Waals surface area contributed by atoms with E-state index in [0.29, 0.717) is 18.0 Å². The van der Waals surface area contributed by atoms with Gasteiger partial charge in [0.25, 0.3) is 5.91 Å². The van der Waals surface area contributed by atoms with Crippen LogP contribution >= 0.6 is 11.6 Å². The van der Waals surface area contributed by atoms with Gasteiger partial charge in [-0.05, 0) is 30.3 Å². The van der Waals surface area contributed by atoms with Crippen LogP contribution in [0.15, 0.2) is 53.6 Å². The number of benzene rings is 2. The molecule has 0 saturated carbocycles. The van der Waals surface area contributed by atoms with Gasteiger partial charge in [0.2, 0.25) is 0 Å². The largest absolute Gasteiger partial charge is 0.497 e. The van der Waals surface area contributed by atoms with Gasteiger partial charge in [0.05, 0.1) is 25.4 Å². The third-order valence-corrected chi connectivity index (χ3v) is 6.45. The summed E-state index contributed by atoms with van der Waals surface area (Å²) in [5.41, 5.74) is 2.76. The second-order valence-electron chi connectivity index (χ2n) is 7.97.